The highest BCUT2D eigenvalue weighted by molar-refractivity contribution is 7.97. The van der Waals surface area contributed by atoms with Crippen LogP contribution in [-0.2, 0) is 9.09 Å². The lowest BCUT2D eigenvalue weighted by atomic mass is 10.8. The summed E-state index contributed by atoms with van der Waals surface area (Å²) in [6, 6.07) is 0. The monoisotopic (exact) mass is 201 g/mol. The number of hydrogen-bond donors (Lipinski definition) is 3. The minimum atomic E-state index is -4.26. The molecule has 11 heavy (non-hydrogen) atoms. The summed E-state index contributed by atoms with van der Waals surface area (Å²) in [5, 5.41) is 0. The molecule has 0 aliphatic carbocycles. The molecule has 68 valence electrons. The third-order valence-electron chi connectivity index (χ3n) is 0.710. The molecular formula is C4H12NO4PS. The summed E-state index contributed by atoms with van der Waals surface area (Å²) in [4.78, 5) is 16.5. The molecule has 0 aromatic carbocycles. The molecule has 0 spiro atoms. The quantitative estimate of drug-likeness (QED) is 0.327. The molecule has 0 aliphatic heterocycles. The van der Waals surface area contributed by atoms with E-state index in [2.05, 4.69) is 9.25 Å². The highest BCUT2D eigenvalue weighted by Crippen LogP contribution is 2.35. The van der Waals surface area contributed by atoms with Crippen molar-refractivity contribution in [1.82, 2.24) is 4.72 Å². The Bertz CT molecular complexity index is 138. The lowest BCUT2D eigenvalue weighted by Crippen LogP contribution is -2.11. The van der Waals surface area contributed by atoms with Crippen molar-refractivity contribution in [3.05, 3.63) is 0 Å². The average molecular weight is 201 g/mol. The van der Waals surface area contributed by atoms with Gasteiger partial charge in [-0.2, -0.15) is 0 Å². The Kier molecular flexibility index (Phi) is 6.22. The maximum Gasteiger partial charge on any atom is 0.469 e. The van der Waals surface area contributed by atoms with E-state index >= 15 is 0 Å². The number of phosphoric ester groups is 1. The fourth-order valence-corrected chi connectivity index (χ4v) is 1.14. The Balaban J connectivity index is 3.09. The summed E-state index contributed by atoms with van der Waals surface area (Å²) in [7, 11) is -4.26. The smallest absolute Gasteiger partial charge is 0.303 e. The molecule has 0 amide bonds. The molecular weight excluding hydrogens is 189 g/mol. The number of rotatable bonds is 6. The van der Waals surface area contributed by atoms with E-state index < -0.39 is 7.82 Å². The van der Waals surface area contributed by atoms with E-state index in [1.165, 1.54) is 11.9 Å². The van der Waals surface area contributed by atoms with Gasteiger partial charge in [-0.3, -0.25) is 9.25 Å². The molecule has 0 bridgehead atoms. The van der Waals surface area contributed by atoms with Crippen molar-refractivity contribution in [2.24, 2.45) is 0 Å². The zero-order chi connectivity index (χ0) is 8.74. The van der Waals surface area contributed by atoms with Gasteiger partial charge in [-0.25, -0.2) is 4.57 Å². The summed E-state index contributed by atoms with van der Waals surface area (Å²) < 4.78 is 17.1. The molecule has 0 aliphatic rings. The first-order valence-electron chi connectivity index (χ1n) is 3.11. The van der Waals surface area contributed by atoms with E-state index in [1.807, 2.05) is 6.92 Å². The summed E-state index contributed by atoms with van der Waals surface area (Å²) >= 11 is 1.48. The van der Waals surface area contributed by atoms with Gasteiger partial charge in [-0.1, -0.05) is 18.9 Å². The van der Waals surface area contributed by atoms with Gasteiger partial charge in [0, 0.05) is 12.3 Å². The van der Waals surface area contributed by atoms with Crippen LogP contribution in [0.4, 0.5) is 0 Å². The lowest BCUT2D eigenvalue weighted by Gasteiger charge is -2.04. The normalized spacial score (nSPS) is 11.9. The van der Waals surface area contributed by atoms with E-state index in [-0.39, 0.29) is 6.61 Å². The Morgan fingerprint density at radius 3 is 2.73 bits per heavy atom. The molecule has 0 rings (SSSR count). The van der Waals surface area contributed by atoms with Crippen LogP contribution in [-0.4, -0.2) is 28.7 Å². The first-order valence-corrected chi connectivity index (χ1v) is 5.62. The summed E-state index contributed by atoms with van der Waals surface area (Å²) in [6.07, 6.45) is 0. The number of phosphoric acid groups is 1. The van der Waals surface area contributed by atoms with Crippen LogP contribution in [0, 0.1) is 0 Å². The third kappa shape index (κ3) is 10.4. The highest BCUT2D eigenvalue weighted by Gasteiger charge is 2.11. The van der Waals surface area contributed by atoms with Gasteiger partial charge in [0.1, 0.15) is 0 Å². The topological polar surface area (TPSA) is 78.8 Å². The van der Waals surface area contributed by atoms with Crippen LogP contribution in [0.25, 0.3) is 0 Å². The van der Waals surface area contributed by atoms with Crippen LogP contribution in [0.3, 0.4) is 0 Å². The van der Waals surface area contributed by atoms with Gasteiger partial charge in [0.15, 0.2) is 0 Å². The molecule has 5 nitrogen and oxygen atoms in total. The van der Waals surface area contributed by atoms with Crippen LogP contribution in [0.2, 0.25) is 0 Å². The SMILES string of the molecule is CCSNCCOP(=O)(O)O. The van der Waals surface area contributed by atoms with Crippen molar-refractivity contribution in [1.29, 1.82) is 0 Å². The molecule has 0 fully saturated rings. The van der Waals surface area contributed by atoms with Gasteiger partial charge in [0.25, 0.3) is 0 Å². The second-order valence-corrected chi connectivity index (χ2v) is 4.05. The molecule has 0 radical (unpaired) electrons. The average Bonchev–Trinajstić information content (AvgIpc) is 1.85. The zero-order valence-electron chi connectivity index (χ0n) is 6.19. The standard InChI is InChI=1S/C4H12NO4PS/c1-2-11-5-3-4-9-10(6,7)8/h5H,2-4H2,1H3,(H2,6,7,8). The first kappa shape index (κ1) is 11.4. The van der Waals surface area contributed by atoms with Crippen LogP contribution < -0.4 is 4.72 Å². The minimum absolute atomic E-state index is 0.0251. The summed E-state index contributed by atoms with van der Waals surface area (Å²) in [5.74, 6) is 0.913. The molecule has 0 aromatic heterocycles. The van der Waals surface area contributed by atoms with E-state index in [0.29, 0.717) is 6.54 Å². The maximum absolute atomic E-state index is 10.1. The summed E-state index contributed by atoms with van der Waals surface area (Å²) in [6.45, 7) is 2.43. The van der Waals surface area contributed by atoms with Crippen LogP contribution in [0.15, 0.2) is 0 Å². The van der Waals surface area contributed by atoms with Gasteiger partial charge in [0.2, 0.25) is 0 Å². The fraction of sp³-hybridized carbons (Fsp3) is 1.00. The molecule has 0 unspecified atom stereocenters. The van der Waals surface area contributed by atoms with E-state index in [9.17, 15) is 4.57 Å². The molecule has 0 saturated heterocycles. The van der Waals surface area contributed by atoms with Gasteiger partial charge in [-0.15, -0.1) is 0 Å². The van der Waals surface area contributed by atoms with Crippen molar-refractivity contribution >= 4 is 19.8 Å². The largest absolute Gasteiger partial charge is 0.469 e. The minimum Gasteiger partial charge on any atom is -0.303 e. The third-order valence-corrected chi connectivity index (χ3v) is 1.93. The second-order valence-electron chi connectivity index (χ2n) is 1.65. The first-order chi connectivity index (χ1) is 5.06. The van der Waals surface area contributed by atoms with Crippen LogP contribution in [0.5, 0.6) is 0 Å². The maximum atomic E-state index is 10.1. The molecule has 0 atom stereocenters. The number of nitrogens with one attached hydrogen (secondary N) is 1. The van der Waals surface area contributed by atoms with Crippen LogP contribution in [0.1, 0.15) is 6.92 Å². The van der Waals surface area contributed by atoms with Crippen molar-refractivity contribution in [2.45, 2.75) is 6.92 Å². The Hall–Kier alpha value is 0.420. The molecule has 0 saturated carbocycles. The van der Waals surface area contributed by atoms with Gasteiger partial charge < -0.3 is 9.79 Å². The van der Waals surface area contributed by atoms with Crippen LogP contribution >= 0.6 is 19.8 Å². The highest BCUT2D eigenvalue weighted by atomic mass is 32.2. The Morgan fingerprint density at radius 2 is 2.27 bits per heavy atom. The number of hydrogen-bond acceptors (Lipinski definition) is 4. The summed E-state index contributed by atoms with van der Waals surface area (Å²) in [5.41, 5.74) is 0. The molecule has 0 heterocycles. The van der Waals surface area contributed by atoms with Gasteiger partial charge in [0.05, 0.1) is 6.61 Å². The second kappa shape index (κ2) is 5.99. The Morgan fingerprint density at radius 1 is 1.64 bits per heavy atom. The van der Waals surface area contributed by atoms with Crippen molar-refractivity contribution in [3.8, 4) is 0 Å². The fourth-order valence-electron chi connectivity index (χ4n) is 0.380. The molecule has 3 N–H and O–H groups in total. The predicted molar refractivity (Wildman–Crippen MR) is 44.1 cm³/mol. The van der Waals surface area contributed by atoms with Crippen molar-refractivity contribution < 1.29 is 18.9 Å². The zero-order valence-corrected chi connectivity index (χ0v) is 7.90. The van der Waals surface area contributed by atoms with Crippen molar-refractivity contribution in [2.75, 3.05) is 18.9 Å². The van der Waals surface area contributed by atoms with E-state index in [4.69, 9.17) is 9.79 Å². The predicted octanol–water partition coefficient (Wildman–Crippen LogP) is 0.353. The van der Waals surface area contributed by atoms with Gasteiger partial charge in [-0.05, 0) is 0 Å². The molecule has 0 aromatic rings. The molecule has 7 heteroatoms. The van der Waals surface area contributed by atoms with Gasteiger partial charge >= 0.3 is 7.82 Å². The van der Waals surface area contributed by atoms with E-state index in [1.54, 1.807) is 0 Å². The van der Waals surface area contributed by atoms with E-state index in [0.717, 1.165) is 5.75 Å². The lowest BCUT2D eigenvalue weighted by molar-refractivity contribution is 0.201. The van der Waals surface area contributed by atoms with Crippen molar-refractivity contribution in [3.63, 3.8) is 0 Å². The Labute approximate surface area is 69.9 Å².